The number of para-hydroxylation sites is 3. The van der Waals surface area contributed by atoms with Gasteiger partial charge >= 0.3 is 0 Å². The first-order valence-electron chi connectivity index (χ1n) is 10.3. The predicted octanol–water partition coefficient (Wildman–Crippen LogP) is 4.46. The lowest BCUT2D eigenvalue weighted by Gasteiger charge is -2.43. The van der Waals surface area contributed by atoms with E-state index >= 15 is 0 Å². The van der Waals surface area contributed by atoms with Gasteiger partial charge in [-0.15, -0.1) is 0 Å². The number of hydrogen-bond acceptors (Lipinski definition) is 2. The fraction of sp³-hybridized carbons (Fsp3) is 0.0769. The first-order valence-corrected chi connectivity index (χ1v) is 10.3. The van der Waals surface area contributed by atoms with Gasteiger partial charge in [-0.2, -0.15) is 0 Å². The lowest BCUT2D eigenvalue weighted by molar-refractivity contribution is 1.03. The summed E-state index contributed by atoms with van der Waals surface area (Å²) in [5.41, 5.74) is 10.6. The van der Waals surface area contributed by atoms with Crippen molar-refractivity contribution in [1.29, 1.82) is 0 Å². The molecule has 29 heavy (non-hydrogen) atoms. The maximum Gasteiger partial charge on any atom is 0.252 e. The molecule has 138 valence electrons. The van der Waals surface area contributed by atoms with Gasteiger partial charge in [0.25, 0.3) is 6.71 Å². The van der Waals surface area contributed by atoms with Crippen molar-refractivity contribution in [3.05, 3.63) is 97.1 Å². The van der Waals surface area contributed by atoms with Crippen molar-refractivity contribution in [3.8, 4) is 0 Å². The largest absolute Gasteiger partial charge is 0.343 e. The monoisotopic (exact) mass is 372 g/mol. The summed E-state index contributed by atoms with van der Waals surface area (Å²) in [4.78, 5) is 4.88. The van der Waals surface area contributed by atoms with Crippen LogP contribution >= 0.6 is 0 Å². The van der Waals surface area contributed by atoms with Crippen LogP contribution in [0.25, 0.3) is 0 Å². The summed E-state index contributed by atoms with van der Waals surface area (Å²) < 4.78 is 0. The maximum absolute atomic E-state index is 2.46. The maximum atomic E-state index is 2.46. The van der Waals surface area contributed by atoms with Crippen LogP contribution in [0.3, 0.4) is 0 Å². The molecule has 0 radical (unpaired) electrons. The summed E-state index contributed by atoms with van der Waals surface area (Å²) in [5, 5.41) is 0. The van der Waals surface area contributed by atoms with Crippen molar-refractivity contribution < 1.29 is 0 Å². The van der Waals surface area contributed by atoms with Crippen molar-refractivity contribution in [2.45, 2.75) is 6.92 Å². The molecule has 0 atom stereocenters. The van der Waals surface area contributed by atoms with Crippen molar-refractivity contribution in [1.82, 2.24) is 0 Å². The molecular formula is C26H21BN2. The zero-order valence-corrected chi connectivity index (χ0v) is 16.4. The summed E-state index contributed by atoms with van der Waals surface area (Å²) in [6, 6.07) is 35.2. The molecule has 2 aliphatic rings. The van der Waals surface area contributed by atoms with Gasteiger partial charge in [-0.3, -0.25) is 0 Å². The van der Waals surface area contributed by atoms with E-state index in [1.54, 1.807) is 0 Å². The molecule has 3 heteroatoms. The topological polar surface area (TPSA) is 6.48 Å². The molecule has 2 nitrogen and oxygen atoms in total. The minimum atomic E-state index is 0.261. The van der Waals surface area contributed by atoms with Crippen LogP contribution in [0.5, 0.6) is 0 Å². The summed E-state index contributed by atoms with van der Waals surface area (Å²) in [6.07, 6.45) is 0. The lowest BCUT2D eigenvalue weighted by Crippen LogP contribution is -2.61. The number of fused-ring (bicyclic) bond motifs is 4. The smallest absolute Gasteiger partial charge is 0.252 e. The van der Waals surface area contributed by atoms with Crippen LogP contribution in [0.2, 0.25) is 0 Å². The van der Waals surface area contributed by atoms with E-state index in [-0.39, 0.29) is 6.71 Å². The van der Waals surface area contributed by atoms with Crippen LogP contribution in [0.4, 0.5) is 28.4 Å². The summed E-state index contributed by atoms with van der Waals surface area (Å²) in [5.74, 6) is 0. The Hall–Kier alpha value is -3.46. The van der Waals surface area contributed by atoms with E-state index in [1.165, 1.54) is 44.8 Å². The van der Waals surface area contributed by atoms with Crippen molar-refractivity contribution >= 4 is 51.5 Å². The van der Waals surface area contributed by atoms with E-state index in [1.807, 2.05) is 0 Å². The second-order valence-electron chi connectivity index (χ2n) is 7.68. The zero-order chi connectivity index (χ0) is 19.4. The average Bonchev–Trinajstić information content (AvgIpc) is 2.79. The highest BCUT2D eigenvalue weighted by atomic mass is 15.2. The summed E-state index contributed by atoms with van der Waals surface area (Å²) >= 11 is 0. The van der Waals surface area contributed by atoms with E-state index in [4.69, 9.17) is 0 Å². The van der Waals surface area contributed by atoms with E-state index in [9.17, 15) is 0 Å². The van der Waals surface area contributed by atoms with Gasteiger partial charge in [0.1, 0.15) is 0 Å². The molecule has 0 aliphatic carbocycles. The molecule has 0 amide bonds. The zero-order valence-electron chi connectivity index (χ0n) is 16.4. The fourth-order valence-electron chi connectivity index (χ4n) is 5.11. The molecule has 2 aliphatic heterocycles. The highest BCUT2D eigenvalue weighted by Crippen LogP contribution is 2.40. The summed E-state index contributed by atoms with van der Waals surface area (Å²) in [6.45, 7) is 3.45. The van der Waals surface area contributed by atoms with Crippen molar-refractivity contribution in [2.75, 3.05) is 16.3 Å². The van der Waals surface area contributed by atoms with Gasteiger partial charge in [0, 0.05) is 35.0 Å². The van der Waals surface area contributed by atoms with E-state index < -0.39 is 0 Å². The third-order valence-electron chi connectivity index (χ3n) is 6.24. The third kappa shape index (κ3) is 2.25. The Bertz CT molecular complexity index is 1220. The van der Waals surface area contributed by atoms with Crippen LogP contribution in [-0.4, -0.2) is 13.3 Å². The quantitative estimate of drug-likeness (QED) is 0.422. The number of rotatable bonds is 2. The highest BCUT2D eigenvalue weighted by Gasteiger charge is 2.41. The van der Waals surface area contributed by atoms with Crippen molar-refractivity contribution in [2.24, 2.45) is 0 Å². The van der Waals surface area contributed by atoms with E-state index in [2.05, 4.69) is 114 Å². The molecule has 0 unspecified atom stereocenters. The Morgan fingerprint density at radius 1 is 0.586 bits per heavy atom. The second-order valence-corrected chi connectivity index (χ2v) is 7.68. The highest BCUT2D eigenvalue weighted by molar-refractivity contribution is 7.00. The Labute approximate surface area is 172 Å². The van der Waals surface area contributed by atoms with Crippen LogP contribution < -0.4 is 26.2 Å². The first-order chi connectivity index (χ1) is 14.4. The van der Waals surface area contributed by atoms with Gasteiger partial charge < -0.3 is 9.80 Å². The Morgan fingerprint density at radius 2 is 1.17 bits per heavy atom. The van der Waals surface area contributed by atoms with E-state index in [0.29, 0.717) is 0 Å². The molecule has 0 fully saturated rings. The molecule has 0 saturated carbocycles. The standard InChI is InChI=1S/C26H21BN2/c1-2-28-22-15-8-6-13-20(22)27-21-14-7-9-16-23(21)29(19-11-4-3-5-12-19)25-18-10-17-24(28)26(25)27/h3-18H,2H2,1H3. The molecule has 6 rings (SSSR count). The van der Waals surface area contributed by atoms with Crippen molar-refractivity contribution in [3.63, 3.8) is 0 Å². The molecule has 0 saturated heterocycles. The molecule has 4 aromatic carbocycles. The van der Waals surface area contributed by atoms with Gasteiger partial charge in [-0.1, -0.05) is 60.7 Å². The van der Waals surface area contributed by atoms with Gasteiger partial charge in [0.05, 0.1) is 0 Å². The molecule has 4 aromatic rings. The van der Waals surface area contributed by atoms with Crippen LogP contribution in [0.15, 0.2) is 97.1 Å². The Balaban J connectivity index is 1.72. The number of nitrogens with zero attached hydrogens (tertiary/aromatic N) is 2. The van der Waals surface area contributed by atoms with Gasteiger partial charge in [0.2, 0.25) is 0 Å². The lowest BCUT2D eigenvalue weighted by atomic mass is 9.33. The minimum absolute atomic E-state index is 0.261. The summed E-state index contributed by atoms with van der Waals surface area (Å²) in [7, 11) is 0. The number of benzene rings is 4. The predicted molar refractivity (Wildman–Crippen MR) is 125 cm³/mol. The van der Waals surface area contributed by atoms with Crippen LogP contribution in [0.1, 0.15) is 6.92 Å². The first kappa shape index (κ1) is 16.5. The number of anilines is 5. The molecule has 2 heterocycles. The van der Waals surface area contributed by atoms with Crippen LogP contribution in [0, 0.1) is 0 Å². The molecular weight excluding hydrogens is 351 g/mol. The average molecular weight is 372 g/mol. The SMILES string of the molecule is CCN1c2ccccc2B2c3ccccc3N(c3ccccc3)c3cccc1c32. The Morgan fingerprint density at radius 3 is 1.93 bits per heavy atom. The van der Waals surface area contributed by atoms with Gasteiger partial charge in [-0.05, 0) is 59.7 Å². The second kappa shape index (κ2) is 6.28. The van der Waals surface area contributed by atoms with Crippen LogP contribution in [-0.2, 0) is 0 Å². The van der Waals surface area contributed by atoms with E-state index in [0.717, 1.165) is 6.54 Å². The number of hydrogen-bond donors (Lipinski definition) is 0. The minimum Gasteiger partial charge on any atom is -0.343 e. The normalized spacial score (nSPS) is 13.6. The van der Waals surface area contributed by atoms with Gasteiger partial charge in [0.15, 0.2) is 0 Å². The Kier molecular flexibility index (Phi) is 3.57. The molecule has 0 spiro atoms. The molecule has 0 bridgehead atoms. The molecule has 0 aromatic heterocycles. The van der Waals surface area contributed by atoms with Gasteiger partial charge in [-0.25, -0.2) is 0 Å². The fourth-order valence-corrected chi connectivity index (χ4v) is 5.11. The third-order valence-corrected chi connectivity index (χ3v) is 6.24. The molecule has 0 N–H and O–H groups in total.